The highest BCUT2D eigenvalue weighted by molar-refractivity contribution is 5.98. The molecule has 4 rings (SSSR count). The van der Waals surface area contributed by atoms with Crippen LogP contribution in [0.4, 0.5) is 0 Å². The lowest BCUT2D eigenvalue weighted by molar-refractivity contribution is 0.0904. The van der Waals surface area contributed by atoms with E-state index in [9.17, 15) is 4.79 Å². The number of aromatic nitrogens is 4. The van der Waals surface area contributed by atoms with Crippen molar-refractivity contribution in [2.45, 2.75) is 25.6 Å². The minimum Gasteiger partial charge on any atom is -0.482 e. The molecule has 3 aromatic rings. The summed E-state index contributed by atoms with van der Waals surface area (Å²) in [7, 11) is 0. The predicted octanol–water partition coefficient (Wildman–Crippen LogP) is 1.36. The zero-order chi connectivity index (χ0) is 17.2. The van der Waals surface area contributed by atoms with Crippen LogP contribution in [-0.4, -0.2) is 51.2 Å². The molecule has 3 heterocycles. The Morgan fingerprint density at radius 2 is 2.36 bits per heavy atom. The van der Waals surface area contributed by atoms with Gasteiger partial charge in [0.05, 0.1) is 43.4 Å². The van der Waals surface area contributed by atoms with Crippen molar-refractivity contribution in [3.8, 4) is 5.75 Å². The van der Waals surface area contributed by atoms with Crippen molar-refractivity contribution < 1.29 is 14.3 Å². The van der Waals surface area contributed by atoms with E-state index in [4.69, 9.17) is 9.47 Å². The first-order valence-electron chi connectivity index (χ1n) is 8.24. The Kier molecular flexibility index (Phi) is 4.10. The maximum Gasteiger partial charge on any atom is 0.251 e. The average molecular weight is 341 g/mol. The zero-order valence-corrected chi connectivity index (χ0v) is 13.8. The summed E-state index contributed by atoms with van der Waals surface area (Å²) < 4.78 is 13.2. The van der Waals surface area contributed by atoms with E-state index >= 15 is 0 Å². The van der Waals surface area contributed by atoms with Gasteiger partial charge in [-0.2, -0.15) is 10.2 Å². The van der Waals surface area contributed by atoms with Crippen LogP contribution in [0.25, 0.3) is 10.9 Å². The monoisotopic (exact) mass is 341 g/mol. The number of H-pyrrole nitrogens is 1. The molecule has 2 aromatic heterocycles. The second-order valence-corrected chi connectivity index (χ2v) is 5.98. The fourth-order valence-corrected chi connectivity index (χ4v) is 2.87. The molecule has 0 aliphatic carbocycles. The minimum atomic E-state index is -0.240. The third-order valence-electron chi connectivity index (χ3n) is 4.27. The summed E-state index contributed by atoms with van der Waals surface area (Å²) in [6, 6.07) is 5.21. The largest absolute Gasteiger partial charge is 0.482 e. The molecule has 130 valence electrons. The van der Waals surface area contributed by atoms with Gasteiger partial charge in [0.15, 0.2) is 5.75 Å². The van der Waals surface area contributed by atoms with Gasteiger partial charge in [0.25, 0.3) is 5.91 Å². The van der Waals surface area contributed by atoms with Crippen molar-refractivity contribution >= 4 is 16.8 Å². The first-order chi connectivity index (χ1) is 12.2. The molecular formula is C17H19N5O3. The highest BCUT2D eigenvalue weighted by Crippen LogP contribution is 2.18. The van der Waals surface area contributed by atoms with Gasteiger partial charge in [-0.1, -0.05) is 0 Å². The molecule has 0 radical (unpaired) electrons. The molecule has 0 spiro atoms. The van der Waals surface area contributed by atoms with Gasteiger partial charge in [0, 0.05) is 17.5 Å². The zero-order valence-electron chi connectivity index (χ0n) is 13.8. The Balaban J connectivity index is 1.43. The van der Waals surface area contributed by atoms with Gasteiger partial charge in [0.1, 0.15) is 6.10 Å². The summed E-state index contributed by atoms with van der Waals surface area (Å²) in [6.07, 6.45) is 4.97. The van der Waals surface area contributed by atoms with Crippen molar-refractivity contribution in [2.75, 3.05) is 13.2 Å². The molecule has 1 saturated heterocycles. The number of ether oxygens (including phenoxy) is 2. The quantitative estimate of drug-likeness (QED) is 0.731. The van der Waals surface area contributed by atoms with E-state index in [0.29, 0.717) is 24.5 Å². The van der Waals surface area contributed by atoms with Crippen LogP contribution in [0.15, 0.2) is 36.8 Å². The maximum absolute atomic E-state index is 12.5. The molecule has 2 atom stereocenters. The number of aryl methyl sites for hydroxylation is 1. The number of hydrogen-bond acceptors (Lipinski definition) is 5. The summed E-state index contributed by atoms with van der Waals surface area (Å²) in [4.78, 5) is 12.5. The van der Waals surface area contributed by atoms with Crippen LogP contribution in [0.3, 0.4) is 0 Å². The number of fused-ring (bicyclic) bond motifs is 1. The van der Waals surface area contributed by atoms with E-state index in [2.05, 4.69) is 20.6 Å². The second-order valence-electron chi connectivity index (χ2n) is 5.98. The van der Waals surface area contributed by atoms with Gasteiger partial charge in [-0.25, -0.2) is 0 Å². The minimum absolute atomic E-state index is 0.156. The number of carbonyl (C=O) groups is 1. The number of hydrogen-bond donors (Lipinski definition) is 2. The van der Waals surface area contributed by atoms with Crippen molar-refractivity contribution in [2.24, 2.45) is 0 Å². The average Bonchev–Trinajstić information content (AvgIpc) is 3.35. The van der Waals surface area contributed by atoms with E-state index in [1.807, 2.05) is 25.3 Å². The third kappa shape index (κ3) is 3.20. The Hall–Kier alpha value is -2.87. The van der Waals surface area contributed by atoms with Gasteiger partial charge in [-0.05, 0) is 25.1 Å². The number of benzene rings is 1. The molecule has 1 aliphatic heterocycles. The molecule has 0 bridgehead atoms. The first kappa shape index (κ1) is 15.6. The van der Waals surface area contributed by atoms with Gasteiger partial charge in [0.2, 0.25) is 0 Å². The summed E-state index contributed by atoms with van der Waals surface area (Å²) in [5.74, 6) is 0.521. The van der Waals surface area contributed by atoms with Crippen LogP contribution < -0.4 is 10.1 Å². The van der Waals surface area contributed by atoms with Crippen LogP contribution in [0.1, 0.15) is 17.3 Å². The van der Waals surface area contributed by atoms with E-state index in [1.54, 1.807) is 23.1 Å². The fraction of sp³-hybridized carbons (Fsp3) is 0.353. The SMILES string of the molecule is CCn1cc(O[C@@H]2COC[C@@H]2NC(=O)c2ccc3[nH]ncc3c2)cn1. The number of nitrogens with zero attached hydrogens (tertiary/aromatic N) is 3. The molecule has 1 aliphatic rings. The summed E-state index contributed by atoms with van der Waals surface area (Å²) in [5.41, 5.74) is 1.48. The molecule has 25 heavy (non-hydrogen) atoms. The molecule has 0 saturated carbocycles. The fourth-order valence-electron chi connectivity index (χ4n) is 2.87. The van der Waals surface area contributed by atoms with Crippen LogP contribution in [0.5, 0.6) is 5.75 Å². The maximum atomic E-state index is 12.5. The topological polar surface area (TPSA) is 94.1 Å². The smallest absolute Gasteiger partial charge is 0.251 e. The standard InChI is InChI=1S/C17H19N5O3/c1-2-22-8-13(7-19-22)25-16-10-24-9-15(16)20-17(23)11-3-4-14-12(5-11)6-18-21-14/h3-8,15-16H,2,9-10H2,1H3,(H,18,21)(H,20,23)/t15-,16+/m0/s1. The highest BCUT2D eigenvalue weighted by Gasteiger charge is 2.32. The second kappa shape index (κ2) is 6.56. The number of amides is 1. The summed E-state index contributed by atoms with van der Waals surface area (Å²) in [6.45, 7) is 3.64. The number of aromatic amines is 1. The predicted molar refractivity (Wildman–Crippen MR) is 90.5 cm³/mol. The number of rotatable bonds is 5. The molecular weight excluding hydrogens is 322 g/mol. The van der Waals surface area contributed by atoms with E-state index in [1.165, 1.54) is 0 Å². The Morgan fingerprint density at radius 1 is 1.44 bits per heavy atom. The van der Waals surface area contributed by atoms with Gasteiger partial charge in [-0.3, -0.25) is 14.6 Å². The van der Waals surface area contributed by atoms with Gasteiger partial charge >= 0.3 is 0 Å². The lowest BCUT2D eigenvalue weighted by Gasteiger charge is -2.19. The van der Waals surface area contributed by atoms with Gasteiger partial charge < -0.3 is 14.8 Å². The van der Waals surface area contributed by atoms with Crippen LogP contribution in [0.2, 0.25) is 0 Å². The van der Waals surface area contributed by atoms with E-state index in [0.717, 1.165) is 17.4 Å². The van der Waals surface area contributed by atoms with Crippen molar-refractivity contribution in [1.82, 2.24) is 25.3 Å². The van der Waals surface area contributed by atoms with Gasteiger partial charge in [-0.15, -0.1) is 0 Å². The van der Waals surface area contributed by atoms with Crippen LogP contribution >= 0.6 is 0 Å². The van der Waals surface area contributed by atoms with Crippen molar-refractivity contribution in [3.63, 3.8) is 0 Å². The molecule has 1 fully saturated rings. The number of nitrogens with one attached hydrogen (secondary N) is 2. The summed E-state index contributed by atoms with van der Waals surface area (Å²) >= 11 is 0. The molecule has 2 N–H and O–H groups in total. The molecule has 1 aromatic carbocycles. The van der Waals surface area contributed by atoms with Crippen LogP contribution in [-0.2, 0) is 11.3 Å². The third-order valence-corrected chi connectivity index (χ3v) is 4.27. The normalized spacial score (nSPS) is 20.0. The lowest BCUT2D eigenvalue weighted by Crippen LogP contribution is -2.45. The highest BCUT2D eigenvalue weighted by atomic mass is 16.5. The Labute approximate surface area is 144 Å². The Morgan fingerprint density at radius 3 is 3.20 bits per heavy atom. The summed E-state index contributed by atoms with van der Waals surface area (Å²) in [5, 5.41) is 14.9. The Bertz CT molecular complexity index is 887. The molecule has 0 unspecified atom stereocenters. The van der Waals surface area contributed by atoms with Crippen molar-refractivity contribution in [3.05, 3.63) is 42.4 Å². The lowest BCUT2D eigenvalue weighted by atomic mass is 10.1. The van der Waals surface area contributed by atoms with Crippen LogP contribution in [0, 0.1) is 0 Å². The molecule has 8 nitrogen and oxygen atoms in total. The van der Waals surface area contributed by atoms with Crippen molar-refractivity contribution in [1.29, 1.82) is 0 Å². The van der Waals surface area contributed by atoms with E-state index < -0.39 is 0 Å². The molecule has 1 amide bonds. The number of carbonyl (C=O) groups excluding carboxylic acids is 1. The van der Waals surface area contributed by atoms with E-state index in [-0.39, 0.29) is 18.1 Å². The first-order valence-corrected chi connectivity index (χ1v) is 8.24. The molecule has 8 heteroatoms.